The van der Waals surface area contributed by atoms with Gasteiger partial charge in [-0.25, -0.2) is 4.98 Å². The van der Waals surface area contributed by atoms with Crippen LogP contribution in [0, 0.1) is 0 Å². The van der Waals surface area contributed by atoms with Crippen LogP contribution in [0.5, 0.6) is 0 Å². The molecule has 3 heterocycles. The molecule has 0 amide bonds. The van der Waals surface area contributed by atoms with Crippen molar-refractivity contribution in [3.63, 3.8) is 0 Å². The van der Waals surface area contributed by atoms with Gasteiger partial charge < -0.3 is 18.3 Å². The van der Waals surface area contributed by atoms with E-state index in [2.05, 4.69) is 143 Å². The summed E-state index contributed by atoms with van der Waals surface area (Å²) in [5.41, 5.74) is 10.7. The predicted molar refractivity (Wildman–Crippen MR) is 213 cm³/mol. The second kappa shape index (κ2) is 11.2. The minimum absolute atomic E-state index is 0.603. The Labute approximate surface area is 298 Å². The average molecular weight is 668 g/mol. The summed E-state index contributed by atoms with van der Waals surface area (Å²) in [5.74, 6) is 0.603. The lowest BCUT2D eigenvalue weighted by Crippen LogP contribution is -2.11. The van der Waals surface area contributed by atoms with Gasteiger partial charge in [-0.2, -0.15) is 0 Å². The Morgan fingerprint density at radius 1 is 0.423 bits per heavy atom. The number of anilines is 3. The molecule has 0 saturated carbocycles. The van der Waals surface area contributed by atoms with E-state index in [1.165, 1.54) is 21.8 Å². The van der Waals surface area contributed by atoms with Crippen molar-refractivity contribution in [2.45, 2.75) is 0 Å². The molecule has 0 aliphatic heterocycles. The summed E-state index contributed by atoms with van der Waals surface area (Å²) in [6, 6.07) is 61.4. The fourth-order valence-corrected chi connectivity index (χ4v) is 7.86. The average Bonchev–Trinajstić information content (AvgIpc) is 3.91. The summed E-state index contributed by atoms with van der Waals surface area (Å²) in [6.45, 7) is 0. The lowest BCUT2D eigenvalue weighted by molar-refractivity contribution is 0.620. The summed E-state index contributed by atoms with van der Waals surface area (Å²) in [4.78, 5) is 7.34. The van der Waals surface area contributed by atoms with Crippen molar-refractivity contribution in [1.29, 1.82) is 0 Å². The van der Waals surface area contributed by atoms with E-state index in [-0.39, 0.29) is 0 Å². The van der Waals surface area contributed by atoms with Crippen molar-refractivity contribution in [1.82, 2.24) is 9.55 Å². The topological polar surface area (TPSA) is 47.3 Å². The molecular formula is C47H29N3O2. The van der Waals surface area contributed by atoms with Gasteiger partial charge in [0.25, 0.3) is 0 Å². The molecule has 0 unspecified atom stereocenters. The highest BCUT2D eigenvalue weighted by molar-refractivity contribution is 6.13. The molecule has 0 spiro atoms. The minimum atomic E-state index is 0.603. The monoisotopic (exact) mass is 667 g/mol. The third-order valence-corrected chi connectivity index (χ3v) is 10.2. The predicted octanol–water partition coefficient (Wildman–Crippen LogP) is 13.1. The Bertz CT molecular complexity index is 3080. The number of benzene rings is 8. The summed E-state index contributed by atoms with van der Waals surface area (Å²) in [7, 11) is 0. The van der Waals surface area contributed by atoms with Crippen LogP contribution in [0.2, 0.25) is 0 Å². The number of nitrogens with zero attached hydrogens (tertiary/aromatic N) is 3. The molecule has 3 aromatic heterocycles. The number of fused-ring (bicyclic) bond motifs is 9. The van der Waals surface area contributed by atoms with Gasteiger partial charge in [0.15, 0.2) is 5.58 Å². The van der Waals surface area contributed by atoms with Gasteiger partial charge in [0.1, 0.15) is 16.7 Å². The summed E-state index contributed by atoms with van der Waals surface area (Å²) in [5, 5.41) is 6.74. The molecule has 0 fully saturated rings. The fraction of sp³-hybridized carbons (Fsp3) is 0. The van der Waals surface area contributed by atoms with Crippen LogP contribution in [0.4, 0.5) is 17.1 Å². The Balaban J connectivity index is 1.15. The fourth-order valence-electron chi connectivity index (χ4n) is 7.86. The third-order valence-electron chi connectivity index (χ3n) is 10.2. The molecule has 11 rings (SSSR count). The van der Waals surface area contributed by atoms with Gasteiger partial charge >= 0.3 is 0 Å². The van der Waals surface area contributed by atoms with E-state index >= 15 is 0 Å². The first kappa shape index (κ1) is 28.7. The molecule has 0 aliphatic rings. The molecule has 0 aliphatic carbocycles. The van der Waals surface area contributed by atoms with Crippen LogP contribution in [0.25, 0.3) is 82.8 Å². The van der Waals surface area contributed by atoms with E-state index in [9.17, 15) is 0 Å². The van der Waals surface area contributed by atoms with Gasteiger partial charge in [-0.1, -0.05) is 97.1 Å². The highest BCUT2D eigenvalue weighted by Gasteiger charge is 2.22. The molecule has 0 atom stereocenters. The zero-order valence-electron chi connectivity index (χ0n) is 27.9. The molecule has 5 nitrogen and oxygen atoms in total. The first-order valence-corrected chi connectivity index (χ1v) is 17.5. The lowest BCUT2D eigenvalue weighted by Gasteiger charge is -2.27. The van der Waals surface area contributed by atoms with E-state index in [1.807, 2.05) is 42.5 Å². The normalized spacial score (nSPS) is 11.8. The summed E-state index contributed by atoms with van der Waals surface area (Å²) < 4.78 is 15.1. The molecule has 0 radical (unpaired) electrons. The zero-order valence-corrected chi connectivity index (χ0v) is 27.9. The van der Waals surface area contributed by atoms with Crippen molar-refractivity contribution < 1.29 is 8.83 Å². The van der Waals surface area contributed by atoms with Crippen molar-refractivity contribution in [3.05, 3.63) is 176 Å². The maximum Gasteiger partial charge on any atom is 0.227 e. The number of hydrogen-bond acceptors (Lipinski definition) is 4. The summed E-state index contributed by atoms with van der Waals surface area (Å²) in [6.07, 6.45) is 0. The number of oxazole rings is 1. The minimum Gasteiger partial charge on any atom is -0.456 e. The molecule has 52 heavy (non-hydrogen) atoms. The van der Waals surface area contributed by atoms with Crippen LogP contribution in [-0.4, -0.2) is 9.55 Å². The van der Waals surface area contributed by atoms with Crippen LogP contribution >= 0.6 is 0 Å². The Hall–Kier alpha value is -7.11. The number of furan rings is 1. The molecule has 11 aromatic rings. The SMILES string of the molecule is c1ccc(-c2nc3c(cc(N(c4ccc(-n5c6ccccc6c6ccccc65)cc4)c4ccc5oc6ccccc6c5c4)c4ccccc43)o2)cc1. The molecule has 0 saturated heterocycles. The second-order valence-corrected chi connectivity index (χ2v) is 13.2. The lowest BCUT2D eigenvalue weighted by atomic mass is 10.0. The van der Waals surface area contributed by atoms with E-state index in [0.29, 0.717) is 5.89 Å². The number of para-hydroxylation sites is 3. The third kappa shape index (κ3) is 4.33. The second-order valence-electron chi connectivity index (χ2n) is 13.2. The highest BCUT2D eigenvalue weighted by Crippen LogP contribution is 2.44. The number of aromatic nitrogens is 2. The van der Waals surface area contributed by atoms with Crippen LogP contribution in [0.15, 0.2) is 185 Å². The molecule has 0 N–H and O–H groups in total. The molecule has 8 aromatic carbocycles. The van der Waals surface area contributed by atoms with Crippen molar-refractivity contribution >= 4 is 82.7 Å². The van der Waals surface area contributed by atoms with Gasteiger partial charge in [0.05, 0.1) is 16.7 Å². The largest absolute Gasteiger partial charge is 0.456 e. The zero-order chi connectivity index (χ0) is 34.2. The van der Waals surface area contributed by atoms with Crippen molar-refractivity contribution in [2.24, 2.45) is 0 Å². The van der Waals surface area contributed by atoms with Crippen molar-refractivity contribution in [2.75, 3.05) is 4.90 Å². The van der Waals surface area contributed by atoms with Crippen molar-refractivity contribution in [3.8, 4) is 17.1 Å². The van der Waals surface area contributed by atoms with Gasteiger partial charge in [-0.15, -0.1) is 0 Å². The van der Waals surface area contributed by atoms with Gasteiger partial charge in [0, 0.05) is 61.0 Å². The maximum atomic E-state index is 6.53. The quantitative estimate of drug-likeness (QED) is 0.183. The van der Waals surface area contributed by atoms with E-state index in [0.717, 1.165) is 72.1 Å². The number of hydrogen-bond donors (Lipinski definition) is 0. The van der Waals surface area contributed by atoms with Crippen LogP contribution in [0.3, 0.4) is 0 Å². The molecule has 5 heteroatoms. The van der Waals surface area contributed by atoms with Gasteiger partial charge in [-0.3, -0.25) is 0 Å². The van der Waals surface area contributed by atoms with Crippen LogP contribution in [0.1, 0.15) is 0 Å². The highest BCUT2D eigenvalue weighted by atomic mass is 16.3. The first-order chi connectivity index (χ1) is 25.8. The maximum absolute atomic E-state index is 6.53. The molecule has 244 valence electrons. The molecule has 0 bridgehead atoms. The Morgan fingerprint density at radius 2 is 1.02 bits per heavy atom. The smallest absolute Gasteiger partial charge is 0.227 e. The van der Waals surface area contributed by atoms with E-state index in [4.69, 9.17) is 13.8 Å². The van der Waals surface area contributed by atoms with Gasteiger partial charge in [0.2, 0.25) is 5.89 Å². The van der Waals surface area contributed by atoms with E-state index in [1.54, 1.807) is 0 Å². The molecular weight excluding hydrogens is 639 g/mol. The number of rotatable bonds is 5. The summed E-state index contributed by atoms with van der Waals surface area (Å²) >= 11 is 0. The Morgan fingerprint density at radius 3 is 1.77 bits per heavy atom. The van der Waals surface area contributed by atoms with Crippen LogP contribution < -0.4 is 4.90 Å². The van der Waals surface area contributed by atoms with Crippen LogP contribution in [-0.2, 0) is 0 Å². The standard InChI is InChI=1S/C47H29N3O2/c1-2-12-30(13-3-1)47-48-46-38-18-5-4-16-36(38)42(29-45(46)52-47)49(33-26-27-44-39(28-33)37-17-8-11-21-43(37)51-44)31-22-24-32(25-23-31)50-40-19-9-6-14-34(40)35-15-7-10-20-41(35)50/h1-29H. The first-order valence-electron chi connectivity index (χ1n) is 17.5. The van der Waals surface area contributed by atoms with Gasteiger partial charge in [-0.05, 0) is 72.8 Å². The van der Waals surface area contributed by atoms with E-state index < -0.39 is 0 Å². The Kier molecular flexibility index (Phi) is 6.18.